The zero-order valence-electron chi connectivity index (χ0n) is 18.7. The van der Waals surface area contributed by atoms with Gasteiger partial charge in [-0.1, -0.05) is 59.8 Å². The van der Waals surface area contributed by atoms with Crippen LogP contribution in [0.5, 0.6) is 0 Å². The molecule has 2 aromatic carbocycles. The van der Waals surface area contributed by atoms with Crippen LogP contribution < -0.4 is 5.32 Å². The summed E-state index contributed by atoms with van der Waals surface area (Å²) in [5, 5.41) is 10.7. The molecule has 1 aliphatic carbocycles. The van der Waals surface area contributed by atoms with Gasteiger partial charge in [0.2, 0.25) is 0 Å². The number of hydrogen-bond acceptors (Lipinski definition) is 4. The minimum atomic E-state index is -0.0940. The van der Waals surface area contributed by atoms with Gasteiger partial charge in [-0.2, -0.15) is 0 Å². The van der Waals surface area contributed by atoms with Gasteiger partial charge in [0.15, 0.2) is 6.10 Å². The maximum absolute atomic E-state index is 6.27. The molecule has 2 aromatic heterocycles. The van der Waals surface area contributed by atoms with E-state index in [-0.39, 0.29) is 6.10 Å². The van der Waals surface area contributed by atoms with E-state index in [1.54, 1.807) is 11.3 Å². The van der Waals surface area contributed by atoms with Crippen LogP contribution in [0.3, 0.4) is 0 Å². The first-order valence-electron chi connectivity index (χ1n) is 11.6. The smallest absolute Gasteiger partial charge is 0.153 e. The van der Waals surface area contributed by atoms with Crippen LogP contribution >= 0.6 is 11.3 Å². The normalized spacial score (nSPS) is 16.6. The minimum Gasteiger partial charge on any atom is -0.387 e. The summed E-state index contributed by atoms with van der Waals surface area (Å²) in [5.74, 6) is 0. The van der Waals surface area contributed by atoms with Crippen LogP contribution in [0.2, 0.25) is 0 Å². The number of rotatable bonds is 7. The summed E-state index contributed by atoms with van der Waals surface area (Å²) in [6.45, 7) is 3.05. The lowest BCUT2D eigenvalue weighted by atomic mass is 10.1. The molecule has 0 bridgehead atoms. The molecule has 3 heterocycles. The van der Waals surface area contributed by atoms with Gasteiger partial charge in [0.1, 0.15) is 5.71 Å². The lowest BCUT2D eigenvalue weighted by Crippen LogP contribution is -2.31. The van der Waals surface area contributed by atoms with Crippen LogP contribution in [-0.2, 0) is 17.7 Å². The molecule has 1 N–H and O–H groups in total. The minimum absolute atomic E-state index is 0.0940. The molecule has 0 saturated heterocycles. The van der Waals surface area contributed by atoms with Crippen molar-refractivity contribution in [2.45, 2.75) is 38.3 Å². The summed E-state index contributed by atoms with van der Waals surface area (Å²) in [4.78, 5) is 7.46. The van der Waals surface area contributed by atoms with E-state index in [1.165, 1.54) is 27.3 Å². The van der Waals surface area contributed by atoms with Gasteiger partial charge >= 0.3 is 0 Å². The zero-order chi connectivity index (χ0) is 22.2. The molecule has 0 saturated carbocycles. The van der Waals surface area contributed by atoms with E-state index in [4.69, 9.17) is 9.99 Å². The average molecular weight is 454 g/mol. The largest absolute Gasteiger partial charge is 0.387 e. The number of nitrogens with zero attached hydrogens (tertiary/aromatic N) is 2. The van der Waals surface area contributed by atoms with Crippen molar-refractivity contribution in [3.8, 4) is 5.69 Å². The predicted molar refractivity (Wildman–Crippen MR) is 135 cm³/mol. The second kappa shape index (κ2) is 8.65. The Morgan fingerprint density at radius 2 is 1.79 bits per heavy atom. The first kappa shape index (κ1) is 20.5. The lowest BCUT2D eigenvalue weighted by Gasteiger charge is -2.18. The van der Waals surface area contributed by atoms with E-state index in [2.05, 4.69) is 89.0 Å². The number of hydrogen-bond donors (Lipinski definition) is 1. The Morgan fingerprint density at radius 1 is 1.03 bits per heavy atom. The maximum atomic E-state index is 6.27. The van der Waals surface area contributed by atoms with Gasteiger partial charge in [-0.15, -0.1) is 11.3 Å². The molecule has 166 valence electrons. The number of nitrogens with one attached hydrogen (secondary N) is 1. The molecule has 1 unspecified atom stereocenters. The van der Waals surface area contributed by atoms with Crippen molar-refractivity contribution in [2.24, 2.45) is 5.16 Å². The van der Waals surface area contributed by atoms with Gasteiger partial charge in [-0.3, -0.25) is 0 Å². The Hall–Kier alpha value is -3.15. The second-order valence-electron chi connectivity index (χ2n) is 8.92. The van der Waals surface area contributed by atoms with Crippen molar-refractivity contribution >= 4 is 17.0 Å². The maximum Gasteiger partial charge on any atom is 0.153 e. The second-order valence-corrected chi connectivity index (χ2v) is 9.80. The van der Waals surface area contributed by atoms with E-state index in [0.717, 1.165) is 42.8 Å². The van der Waals surface area contributed by atoms with E-state index >= 15 is 0 Å². The third kappa shape index (κ3) is 3.81. The molecular weight excluding hydrogens is 426 g/mol. The molecule has 6 rings (SSSR count). The van der Waals surface area contributed by atoms with Crippen LogP contribution in [0.1, 0.15) is 45.3 Å². The fourth-order valence-corrected chi connectivity index (χ4v) is 6.10. The Balaban J connectivity index is 1.18. The van der Waals surface area contributed by atoms with Gasteiger partial charge in [-0.25, -0.2) is 0 Å². The zero-order valence-corrected chi connectivity index (χ0v) is 19.5. The van der Waals surface area contributed by atoms with Crippen LogP contribution in [0.15, 0.2) is 83.5 Å². The van der Waals surface area contributed by atoms with E-state index in [1.807, 2.05) is 6.07 Å². The number of aromatic nitrogens is 1. The number of aryl methyl sites for hydroxylation is 1. The molecule has 4 aromatic rings. The molecule has 5 heteroatoms. The average Bonchev–Trinajstić information content (AvgIpc) is 3.60. The number of fused-ring (bicyclic) bond motifs is 4. The van der Waals surface area contributed by atoms with Gasteiger partial charge in [-0.05, 0) is 66.1 Å². The molecule has 0 amide bonds. The SMILES string of the molecule is Cc1csc2c1-n1cccc1/C2=N\OC(CCNC1Cc2ccccc2C1)c1ccccc1. The quantitative estimate of drug-likeness (QED) is 0.316. The van der Waals surface area contributed by atoms with Gasteiger partial charge < -0.3 is 14.7 Å². The van der Waals surface area contributed by atoms with Gasteiger partial charge in [0.05, 0.1) is 16.3 Å². The summed E-state index contributed by atoms with van der Waals surface area (Å²) >= 11 is 1.74. The fourth-order valence-electron chi connectivity index (χ4n) is 5.06. The van der Waals surface area contributed by atoms with E-state index in [9.17, 15) is 0 Å². The van der Waals surface area contributed by atoms with Crippen molar-refractivity contribution in [2.75, 3.05) is 6.54 Å². The molecular formula is C28H27N3OS. The Morgan fingerprint density at radius 3 is 2.58 bits per heavy atom. The van der Waals surface area contributed by atoms with Crippen molar-refractivity contribution < 1.29 is 4.84 Å². The standard InChI is InChI=1S/C28H27N3OS/c1-19-18-33-28-26(24-12-7-15-31(24)27(19)28)30-32-25(20-8-3-2-4-9-20)13-14-29-23-16-21-10-5-6-11-22(21)17-23/h2-12,15,18,23,25,29H,13-14,16-17H2,1H3/b30-26+. The van der Waals surface area contributed by atoms with Crippen LogP contribution in [0, 0.1) is 6.92 Å². The molecule has 0 radical (unpaired) electrons. The lowest BCUT2D eigenvalue weighted by molar-refractivity contribution is 0.0521. The Kier molecular flexibility index (Phi) is 5.36. The van der Waals surface area contributed by atoms with E-state index in [0.29, 0.717) is 6.04 Å². The highest BCUT2D eigenvalue weighted by atomic mass is 32.1. The van der Waals surface area contributed by atoms with Crippen molar-refractivity contribution in [3.05, 3.63) is 111 Å². The summed E-state index contributed by atoms with van der Waals surface area (Å²) in [7, 11) is 0. The summed E-state index contributed by atoms with van der Waals surface area (Å²) < 4.78 is 2.22. The van der Waals surface area contributed by atoms with Crippen LogP contribution in [0.4, 0.5) is 0 Å². The Bertz CT molecular complexity index is 1280. The Labute approximate surface area is 198 Å². The molecule has 1 aliphatic heterocycles. The van der Waals surface area contributed by atoms with Crippen molar-refractivity contribution in [3.63, 3.8) is 0 Å². The first-order chi connectivity index (χ1) is 16.3. The molecule has 4 nitrogen and oxygen atoms in total. The molecule has 33 heavy (non-hydrogen) atoms. The third-order valence-electron chi connectivity index (χ3n) is 6.72. The molecule has 0 fully saturated rings. The van der Waals surface area contributed by atoms with Gasteiger partial charge in [0, 0.05) is 18.7 Å². The highest BCUT2D eigenvalue weighted by molar-refractivity contribution is 7.13. The van der Waals surface area contributed by atoms with Crippen molar-refractivity contribution in [1.29, 1.82) is 0 Å². The third-order valence-corrected chi connectivity index (χ3v) is 7.82. The summed E-state index contributed by atoms with van der Waals surface area (Å²) in [5.41, 5.74) is 8.67. The van der Waals surface area contributed by atoms with Gasteiger partial charge in [0.25, 0.3) is 0 Å². The molecule has 2 aliphatic rings. The first-order valence-corrected chi connectivity index (χ1v) is 12.5. The van der Waals surface area contributed by atoms with Crippen LogP contribution in [0.25, 0.3) is 5.69 Å². The number of benzene rings is 2. The topological polar surface area (TPSA) is 38.5 Å². The number of thiophene rings is 1. The fraction of sp³-hybridized carbons (Fsp3) is 0.250. The van der Waals surface area contributed by atoms with Crippen LogP contribution in [-0.4, -0.2) is 22.9 Å². The highest BCUT2D eigenvalue weighted by Gasteiger charge is 2.29. The molecule has 1 atom stereocenters. The summed E-state index contributed by atoms with van der Waals surface area (Å²) in [6, 6.07) is 23.9. The molecule has 0 spiro atoms. The number of oxime groups is 1. The predicted octanol–water partition coefficient (Wildman–Crippen LogP) is 5.82. The monoisotopic (exact) mass is 453 g/mol. The van der Waals surface area contributed by atoms with Crippen molar-refractivity contribution in [1.82, 2.24) is 9.88 Å². The summed E-state index contributed by atoms with van der Waals surface area (Å²) in [6.07, 6.45) is 5.09. The van der Waals surface area contributed by atoms with E-state index < -0.39 is 0 Å². The highest BCUT2D eigenvalue weighted by Crippen LogP contribution is 2.36.